The van der Waals surface area contributed by atoms with Gasteiger partial charge in [-0.25, -0.2) is 4.98 Å². The highest BCUT2D eigenvalue weighted by Crippen LogP contribution is 2.38. The molecule has 1 aliphatic heterocycles. The Morgan fingerprint density at radius 3 is 2.93 bits per heavy atom. The predicted octanol–water partition coefficient (Wildman–Crippen LogP) is 3.68. The molecule has 2 aliphatic rings. The normalized spacial score (nSPS) is 19.0. The summed E-state index contributed by atoms with van der Waals surface area (Å²) in [5.41, 5.74) is 2.66. The molecular weight excluding hydrogens is 350 g/mol. The van der Waals surface area contributed by atoms with E-state index >= 15 is 0 Å². The third-order valence-electron chi connectivity index (χ3n) is 5.54. The Morgan fingerprint density at radius 1 is 1.14 bits per heavy atom. The molecule has 0 radical (unpaired) electrons. The Hall–Kier alpha value is -3.20. The first-order chi connectivity index (χ1) is 13.8. The fourth-order valence-corrected chi connectivity index (χ4v) is 3.85. The molecule has 0 N–H and O–H groups in total. The number of ether oxygens (including phenoxy) is 1. The van der Waals surface area contributed by atoms with Crippen molar-refractivity contribution in [3.63, 3.8) is 0 Å². The minimum atomic E-state index is 0.401. The van der Waals surface area contributed by atoms with Crippen LogP contribution in [0.3, 0.4) is 0 Å². The standard InChI is InChI=1S/C22H21N5O/c23-11-17-12-25-21(16-6-7-16)26-22(17)28-14-15-8-10-27(13-15)20-5-1-4-19-18(20)3-2-9-24-19/h1-5,9,12,15-16H,6-8,10,13-14H2/t15-/m0/s1. The molecule has 1 saturated heterocycles. The Morgan fingerprint density at radius 2 is 2.07 bits per heavy atom. The van der Waals surface area contributed by atoms with Crippen molar-refractivity contribution in [1.82, 2.24) is 15.0 Å². The van der Waals surface area contributed by atoms with Crippen molar-refractivity contribution in [1.29, 1.82) is 5.26 Å². The SMILES string of the molecule is N#Cc1cnc(C2CC2)nc1OC[C@H]1CCN(c2cccc3ncccc23)C1. The van der Waals surface area contributed by atoms with E-state index in [0.717, 1.165) is 43.7 Å². The van der Waals surface area contributed by atoms with Crippen molar-refractivity contribution in [2.45, 2.75) is 25.2 Å². The van der Waals surface area contributed by atoms with Crippen LogP contribution < -0.4 is 9.64 Å². The van der Waals surface area contributed by atoms with Gasteiger partial charge in [-0.2, -0.15) is 10.2 Å². The van der Waals surface area contributed by atoms with Crippen LogP contribution in [0.4, 0.5) is 5.69 Å². The maximum absolute atomic E-state index is 9.32. The number of hydrogen-bond donors (Lipinski definition) is 0. The van der Waals surface area contributed by atoms with Crippen molar-refractivity contribution >= 4 is 16.6 Å². The van der Waals surface area contributed by atoms with E-state index in [9.17, 15) is 5.26 Å². The number of pyridine rings is 1. The van der Waals surface area contributed by atoms with Gasteiger partial charge in [-0.3, -0.25) is 4.98 Å². The molecular formula is C22H21N5O. The molecule has 28 heavy (non-hydrogen) atoms. The molecule has 1 aliphatic carbocycles. The van der Waals surface area contributed by atoms with Gasteiger partial charge in [0, 0.05) is 42.2 Å². The third kappa shape index (κ3) is 3.24. The van der Waals surface area contributed by atoms with Crippen LogP contribution in [0, 0.1) is 17.2 Å². The van der Waals surface area contributed by atoms with Crippen molar-refractivity contribution in [3.8, 4) is 11.9 Å². The summed E-state index contributed by atoms with van der Waals surface area (Å²) in [4.78, 5) is 15.7. The molecule has 6 heteroatoms. The number of fused-ring (bicyclic) bond motifs is 1. The maximum atomic E-state index is 9.32. The van der Waals surface area contributed by atoms with E-state index in [-0.39, 0.29) is 0 Å². The van der Waals surface area contributed by atoms with E-state index in [2.05, 4.69) is 44.1 Å². The summed E-state index contributed by atoms with van der Waals surface area (Å²) >= 11 is 0. The second-order valence-corrected chi connectivity index (χ2v) is 7.59. The summed E-state index contributed by atoms with van der Waals surface area (Å²) < 4.78 is 5.99. The fraction of sp³-hybridized carbons (Fsp3) is 0.364. The number of benzene rings is 1. The molecule has 0 amide bonds. The summed E-state index contributed by atoms with van der Waals surface area (Å²) in [5.74, 6) is 2.09. The van der Waals surface area contributed by atoms with Gasteiger partial charge in [0.05, 0.1) is 18.3 Å². The smallest absolute Gasteiger partial charge is 0.235 e. The molecule has 0 unspecified atom stereocenters. The number of anilines is 1. The molecule has 2 aromatic heterocycles. The van der Waals surface area contributed by atoms with Crippen molar-refractivity contribution < 1.29 is 4.74 Å². The molecule has 0 bridgehead atoms. The Kier molecular flexibility index (Phi) is 4.28. The first-order valence-electron chi connectivity index (χ1n) is 9.80. The van der Waals surface area contributed by atoms with Crippen LogP contribution in [0.5, 0.6) is 5.88 Å². The molecule has 2 fully saturated rings. The highest BCUT2D eigenvalue weighted by molar-refractivity contribution is 5.91. The number of nitrogens with zero attached hydrogens (tertiary/aromatic N) is 5. The lowest BCUT2D eigenvalue weighted by atomic mass is 10.1. The lowest BCUT2D eigenvalue weighted by Gasteiger charge is -2.20. The fourth-order valence-electron chi connectivity index (χ4n) is 3.85. The molecule has 3 heterocycles. The Balaban J connectivity index is 1.28. The summed E-state index contributed by atoms with van der Waals surface area (Å²) in [5, 5.41) is 10.5. The summed E-state index contributed by atoms with van der Waals surface area (Å²) in [7, 11) is 0. The van der Waals surface area contributed by atoms with Crippen LogP contribution in [0.25, 0.3) is 10.9 Å². The van der Waals surface area contributed by atoms with Crippen LogP contribution in [0.2, 0.25) is 0 Å². The van der Waals surface area contributed by atoms with Crippen LogP contribution in [0.15, 0.2) is 42.7 Å². The molecule has 5 rings (SSSR count). The van der Waals surface area contributed by atoms with E-state index in [1.807, 2.05) is 18.3 Å². The quantitative estimate of drug-likeness (QED) is 0.681. The zero-order valence-corrected chi connectivity index (χ0v) is 15.6. The largest absolute Gasteiger partial charge is 0.476 e. The van der Waals surface area contributed by atoms with Gasteiger partial charge in [0.25, 0.3) is 0 Å². The van der Waals surface area contributed by atoms with Gasteiger partial charge in [0.1, 0.15) is 17.5 Å². The molecule has 140 valence electrons. The third-order valence-corrected chi connectivity index (χ3v) is 5.54. The second-order valence-electron chi connectivity index (χ2n) is 7.59. The first kappa shape index (κ1) is 16.9. The predicted molar refractivity (Wildman–Crippen MR) is 106 cm³/mol. The van der Waals surface area contributed by atoms with Crippen molar-refractivity contribution in [3.05, 3.63) is 54.1 Å². The number of aromatic nitrogens is 3. The highest BCUT2D eigenvalue weighted by Gasteiger charge is 2.28. The number of hydrogen-bond acceptors (Lipinski definition) is 6. The lowest BCUT2D eigenvalue weighted by molar-refractivity contribution is 0.250. The number of rotatable bonds is 5. The molecule has 6 nitrogen and oxygen atoms in total. The molecule has 1 saturated carbocycles. The topological polar surface area (TPSA) is 74.9 Å². The second kappa shape index (κ2) is 7.08. The first-order valence-corrected chi connectivity index (χ1v) is 9.80. The van der Waals surface area contributed by atoms with Gasteiger partial charge >= 0.3 is 0 Å². The van der Waals surface area contributed by atoms with Gasteiger partial charge in [-0.15, -0.1) is 0 Å². The Labute approximate surface area is 163 Å². The maximum Gasteiger partial charge on any atom is 0.235 e. The van der Waals surface area contributed by atoms with Crippen molar-refractivity contribution in [2.75, 3.05) is 24.6 Å². The summed E-state index contributed by atoms with van der Waals surface area (Å²) in [6.07, 6.45) is 6.74. The minimum absolute atomic E-state index is 0.401. The lowest BCUT2D eigenvalue weighted by Crippen LogP contribution is -2.22. The zero-order valence-electron chi connectivity index (χ0n) is 15.6. The molecule has 1 atom stereocenters. The van der Waals surface area contributed by atoms with Crippen LogP contribution >= 0.6 is 0 Å². The van der Waals surface area contributed by atoms with Crippen LogP contribution in [-0.2, 0) is 0 Å². The summed E-state index contributed by atoms with van der Waals surface area (Å²) in [6, 6.07) is 12.5. The van der Waals surface area contributed by atoms with Gasteiger partial charge in [0.2, 0.25) is 5.88 Å². The zero-order chi connectivity index (χ0) is 18.9. The minimum Gasteiger partial charge on any atom is -0.476 e. The van der Waals surface area contributed by atoms with Gasteiger partial charge in [-0.05, 0) is 43.5 Å². The molecule has 1 aromatic carbocycles. The van der Waals surface area contributed by atoms with Gasteiger partial charge in [-0.1, -0.05) is 6.07 Å². The van der Waals surface area contributed by atoms with E-state index in [1.165, 1.54) is 11.1 Å². The summed E-state index contributed by atoms with van der Waals surface area (Å²) in [6.45, 7) is 2.48. The van der Waals surface area contributed by atoms with E-state index in [0.29, 0.717) is 29.9 Å². The average Bonchev–Trinajstić information content (AvgIpc) is 3.49. The van der Waals surface area contributed by atoms with Crippen molar-refractivity contribution in [2.24, 2.45) is 5.92 Å². The van der Waals surface area contributed by atoms with E-state index < -0.39 is 0 Å². The van der Waals surface area contributed by atoms with E-state index in [4.69, 9.17) is 4.74 Å². The van der Waals surface area contributed by atoms with E-state index in [1.54, 1.807) is 6.20 Å². The van der Waals surface area contributed by atoms with Gasteiger partial charge in [0.15, 0.2) is 0 Å². The van der Waals surface area contributed by atoms with Gasteiger partial charge < -0.3 is 9.64 Å². The molecule has 0 spiro atoms. The Bertz CT molecular complexity index is 1050. The van der Waals surface area contributed by atoms with Crippen LogP contribution in [-0.4, -0.2) is 34.6 Å². The highest BCUT2D eigenvalue weighted by atomic mass is 16.5. The van der Waals surface area contributed by atoms with Crippen LogP contribution in [0.1, 0.15) is 36.6 Å². The molecule has 3 aromatic rings. The monoisotopic (exact) mass is 371 g/mol. The number of nitriles is 1. The average molecular weight is 371 g/mol.